The number of ether oxygens (including phenoxy) is 1. The summed E-state index contributed by atoms with van der Waals surface area (Å²) in [5.41, 5.74) is 2.19. The highest BCUT2D eigenvalue weighted by molar-refractivity contribution is 7.89. The first-order valence-electron chi connectivity index (χ1n) is 12.5. The summed E-state index contributed by atoms with van der Waals surface area (Å²) >= 11 is 7.04. The summed E-state index contributed by atoms with van der Waals surface area (Å²) in [6.07, 6.45) is 5.83. The van der Waals surface area contributed by atoms with Crippen molar-refractivity contribution in [3.05, 3.63) is 92.5 Å². The molecule has 0 saturated heterocycles. The molecule has 1 spiro atoms. The van der Waals surface area contributed by atoms with Gasteiger partial charge in [-0.1, -0.05) is 59.7 Å². The van der Waals surface area contributed by atoms with Gasteiger partial charge in [-0.2, -0.15) is 0 Å². The molecule has 1 unspecified atom stereocenters. The van der Waals surface area contributed by atoms with E-state index < -0.39 is 10.0 Å². The van der Waals surface area contributed by atoms with Crippen LogP contribution in [0, 0.1) is 0 Å². The lowest BCUT2D eigenvalue weighted by atomic mass is 9.77. The molecule has 0 bridgehead atoms. The Labute approximate surface area is 224 Å². The SMILES string of the molecule is O=c1sc2cc(S(=O)(=O)NC3CC4(CCCCC4)Oc4ccccc43)ccc2n1Cc1ccc(Cl)cc1. The number of fused-ring (bicyclic) bond motifs is 2. The Balaban J connectivity index is 1.30. The molecule has 4 aromatic rings. The first-order chi connectivity index (χ1) is 17.8. The Morgan fingerprint density at radius 3 is 2.57 bits per heavy atom. The lowest BCUT2D eigenvalue weighted by molar-refractivity contribution is 0.0000751. The molecule has 2 heterocycles. The van der Waals surface area contributed by atoms with Crippen molar-refractivity contribution < 1.29 is 13.2 Å². The van der Waals surface area contributed by atoms with Gasteiger partial charge in [-0.15, -0.1) is 0 Å². The Bertz CT molecular complexity index is 1620. The van der Waals surface area contributed by atoms with Crippen molar-refractivity contribution in [2.45, 2.75) is 61.6 Å². The van der Waals surface area contributed by atoms with Crippen LogP contribution in [0.15, 0.2) is 76.4 Å². The fourth-order valence-electron chi connectivity index (χ4n) is 5.62. The molecule has 37 heavy (non-hydrogen) atoms. The third kappa shape index (κ3) is 4.83. The van der Waals surface area contributed by atoms with Crippen molar-refractivity contribution >= 4 is 43.2 Å². The zero-order chi connectivity index (χ0) is 25.6. The predicted molar refractivity (Wildman–Crippen MR) is 147 cm³/mol. The van der Waals surface area contributed by atoms with E-state index in [-0.39, 0.29) is 21.4 Å². The molecule has 1 aliphatic carbocycles. The molecule has 6 nitrogen and oxygen atoms in total. The maximum absolute atomic E-state index is 13.6. The van der Waals surface area contributed by atoms with Gasteiger partial charge in [0.05, 0.1) is 27.7 Å². The maximum Gasteiger partial charge on any atom is 0.308 e. The lowest BCUT2D eigenvalue weighted by Gasteiger charge is -2.44. The average Bonchev–Trinajstić information content (AvgIpc) is 3.19. The molecule has 0 radical (unpaired) electrons. The molecule has 3 aromatic carbocycles. The summed E-state index contributed by atoms with van der Waals surface area (Å²) < 4.78 is 38.9. The molecule has 2 aliphatic rings. The van der Waals surface area contributed by atoms with Gasteiger partial charge in [0.2, 0.25) is 10.0 Å². The third-order valence-corrected chi connectivity index (χ3v) is 10.1. The van der Waals surface area contributed by atoms with E-state index >= 15 is 0 Å². The fraction of sp³-hybridized carbons (Fsp3) is 0.321. The highest BCUT2D eigenvalue weighted by Crippen LogP contribution is 2.46. The molecule has 1 fully saturated rings. The number of hydrogen-bond acceptors (Lipinski definition) is 5. The number of para-hydroxylation sites is 1. The largest absolute Gasteiger partial charge is 0.487 e. The zero-order valence-electron chi connectivity index (χ0n) is 20.2. The third-order valence-electron chi connectivity index (χ3n) is 7.46. The molecule has 1 aromatic heterocycles. The second kappa shape index (κ2) is 9.58. The van der Waals surface area contributed by atoms with Crippen LogP contribution in [-0.2, 0) is 16.6 Å². The van der Waals surface area contributed by atoms with E-state index in [0.717, 1.165) is 53.9 Å². The highest BCUT2D eigenvalue weighted by atomic mass is 35.5. The van der Waals surface area contributed by atoms with Crippen molar-refractivity contribution in [2.75, 3.05) is 0 Å². The number of sulfonamides is 1. The van der Waals surface area contributed by atoms with E-state index in [4.69, 9.17) is 16.3 Å². The number of hydrogen-bond donors (Lipinski definition) is 1. The summed E-state index contributed by atoms with van der Waals surface area (Å²) in [6, 6.07) is 19.6. The molecule has 1 aliphatic heterocycles. The zero-order valence-corrected chi connectivity index (χ0v) is 22.5. The van der Waals surface area contributed by atoms with Crippen LogP contribution in [0.4, 0.5) is 0 Å². The number of thiazole rings is 1. The fourth-order valence-corrected chi connectivity index (χ4v) is 7.99. The molecule has 192 valence electrons. The van der Waals surface area contributed by atoms with Gasteiger partial charge in [-0.05, 0) is 67.6 Å². The number of nitrogens with zero attached hydrogens (tertiary/aromatic N) is 1. The van der Waals surface area contributed by atoms with Crippen LogP contribution >= 0.6 is 22.9 Å². The second-order valence-corrected chi connectivity index (χ2v) is 13.1. The van der Waals surface area contributed by atoms with Crippen molar-refractivity contribution in [3.63, 3.8) is 0 Å². The Morgan fingerprint density at radius 2 is 1.78 bits per heavy atom. The number of benzene rings is 3. The monoisotopic (exact) mass is 554 g/mol. The van der Waals surface area contributed by atoms with Crippen LogP contribution in [-0.4, -0.2) is 18.6 Å². The minimum absolute atomic E-state index is 0.134. The summed E-state index contributed by atoms with van der Waals surface area (Å²) in [5, 5.41) is 0.634. The Morgan fingerprint density at radius 1 is 1.03 bits per heavy atom. The van der Waals surface area contributed by atoms with E-state index in [1.165, 1.54) is 6.42 Å². The van der Waals surface area contributed by atoms with Gasteiger partial charge < -0.3 is 4.74 Å². The smallest absolute Gasteiger partial charge is 0.308 e. The summed E-state index contributed by atoms with van der Waals surface area (Å²) in [4.78, 5) is 12.8. The second-order valence-electron chi connectivity index (χ2n) is 9.97. The molecule has 6 rings (SSSR count). The summed E-state index contributed by atoms with van der Waals surface area (Å²) in [5.74, 6) is 0.760. The standard InChI is InChI=1S/C28H27ClN2O4S2/c29-20-10-8-19(9-11-20)18-31-24-13-12-21(16-26(24)36-27(31)32)37(33,34)30-23-17-28(14-4-1-5-15-28)35-25-7-3-2-6-22(23)25/h2-3,6-13,16,23,30H,1,4-5,14-15,17-18H2. The molecule has 1 N–H and O–H groups in total. The minimum Gasteiger partial charge on any atom is -0.487 e. The van der Waals surface area contributed by atoms with E-state index in [2.05, 4.69) is 4.72 Å². The van der Waals surface area contributed by atoms with Crippen LogP contribution in [0.1, 0.15) is 55.7 Å². The number of rotatable bonds is 5. The van der Waals surface area contributed by atoms with Gasteiger partial charge in [0.15, 0.2) is 0 Å². The number of aromatic nitrogens is 1. The van der Waals surface area contributed by atoms with Crippen molar-refractivity contribution in [3.8, 4) is 5.75 Å². The van der Waals surface area contributed by atoms with E-state index in [1.807, 2.05) is 36.4 Å². The molecular weight excluding hydrogens is 528 g/mol. The topological polar surface area (TPSA) is 77.4 Å². The maximum atomic E-state index is 13.6. The van der Waals surface area contributed by atoms with E-state index in [0.29, 0.717) is 28.2 Å². The minimum atomic E-state index is -3.84. The average molecular weight is 555 g/mol. The van der Waals surface area contributed by atoms with Gasteiger partial charge in [-0.25, -0.2) is 13.1 Å². The highest BCUT2D eigenvalue weighted by Gasteiger charge is 2.43. The van der Waals surface area contributed by atoms with E-state index in [1.54, 1.807) is 34.9 Å². The molecule has 0 amide bonds. The number of halogens is 1. The first kappa shape index (κ1) is 24.7. The van der Waals surface area contributed by atoms with E-state index in [9.17, 15) is 13.2 Å². The van der Waals surface area contributed by atoms with Crippen LogP contribution in [0.2, 0.25) is 5.02 Å². The Hall–Kier alpha value is -2.65. The molecular formula is C28H27ClN2O4S2. The van der Waals surface area contributed by atoms with Gasteiger partial charge in [0.1, 0.15) is 11.4 Å². The molecule has 9 heteroatoms. The van der Waals surface area contributed by atoms with Gasteiger partial charge in [0, 0.05) is 17.0 Å². The predicted octanol–water partition coefficient (Wildman–Crippen LogP) is 6.27. The van der Waals surface area contributed by atoms with Crippen LogP contribution in [0.5, 0.6) is 5.75 Å². The Kier molecular flexibility index (Phi) is 6.39. The van der Waals surface area contributed by atoms with Gasteiger partial charge >= 0.3 is 4.87 Å². The normalized spacial score (nSPS) is 19.0. The van der Waals surface area contributed by atoms with Crippen molar-refractivity contribution in [1.29, 1.82) is 0 Å². The van der Waals surface area contributed by atoms with Crippen LogP contribution in [0.25, 0.3) is 10.2 Å². The first-order valence-corrected chi connectivity index (χ1v) is 15.2. The number of nitrogens with one attached hydrogen (secondary N) is 1. The molecule has 1 atom stereocenters. The molecule has 1 saturated carbocycles. The van der Waals surface area contributed by atoms with Crippen LogP contribution < -0.4 is 14.3 Å². The lowest BCUT2D eigenvalue weighted by Crippen LogP contribution is -2.46. The summed E-state index contributed by atoms with van der Waals surface area (Å²) in [7, 11) is -3.84. The van der Waals surface area contributed by atoms with Crippen molar-refractivity contribution in [1.82, 2.24) is 9.29 Å². The van der Waals surface area contributed by atoms with Gasteiger partial charge in [0.25, 0.3) is 0 Å². The quantitative estimate of drug-likeness (QED) is 0.315. The van der Waals surface area contributed by atoms with Crippen molar-refractivity contribution in [2.24, 2.45) is 0 Å². The van der Waals surface area contributed by atoms with Gasteiger partial charge in [-0.3, -0.25) is 9.36 Å². The van der Waals surface area contributed by atoms with Crippen LogP contribution in [0.3, 0.4) is 0 Å². The summed E-state index contributed by atoms with van der Waals surface area (Å²) in [6.45, 7) is 0.390.